The van der Waals surface area contributed by atoms with Gasteiger partial charge in [0.1, 0.15) is 11.3 Å². The maximum atomic E-state index is 13.3. The van der Waals surface area contributed by atoms with Crippen molar-refractivity contribution in [1.29, 1.82) is 5.26 Å². The average molecular weight is 480 g/mol. The predicted octanol–water partition coefficient (Wildman–Crippen LogP) is 2.76. The Balaban J connectivity index is 1.65. The first kappa shape index (κ1) is 25.3. The van der Waals surface area contributed by atoms with Crippen molar-refractivity contribution in [2.75, 3.05) is 13.1 Å². The molecule has 1 unspecified atom stereocenters. The van der Waals surface area contributed by atoms with Gasteiger partial charge in [0, 0.05) is 32.1 Å². The van der Waals surface area contributed by atoms with Gasteiger partial charge in [0.05, 0.1) is 17.6 Å². The van der Waals surface area contributed by atoms with Crippen LogP contribution in [-0.4, -0.2) is 47.6 Å². The minimum atomic E-state index is -4.94. The molecular weight excluding hydrogens is 453 g/mol. The number of likely N-dealkylation sites (tertiary alicyclic amines) is 1. The highest BCUT2D eigenvalue weighted by molar-refractivity contribution is 5.92. The van der Waals surface area contributed by atoms with Crippen LogP contribution in [0.4, 0.5) is 13.2 Å². The third-order valence-corrected chi connectivity index (χ3v) is 6.24. The van der Waals surface area contributed by atoms with Crippen LogP contribution in [0.3, 0.4) is 0 Å². The maximum absolute atomic E-state index is 13.3. The monoisotopic (exact) mass is 480 g/mol. The normalized spacial score (nSPS) is 19.7. The fraction of sp³-hybridized carbons (Fsp3) is 0.565. The topological polar surface area (TPSA) is 112 Å². The molecule has 34 heavy (non-hydrogen) atoms. The zero-order valence-corrected chi connectivity index (χ0v) is 18.8. The summed E-state index contributed by atoms with van der Waals surface area (Å²) in [7, 11) is 0. The van der Waals surface area contributed by atoms with Crippen LogP contribution >= 0.6 is 0 Å². The second kappa shape index (κ2) is 10.3. The number of alkyl halides is 3. The lowest BCUT2D eigenvalue weighted by atomic mass is 9.91. The van der Waals surface area contributed by atoms with Gasteiger partial charge in [-0.15, -0.1) is 13.2 Å². The summed E-state index contributed by atoms with van der Waals surface area (Å²) in [6, 6.07) is 5.36. The van der Waals surface area contributed by atoms with Gasteiger partial charge in [0.15, 0.2) is 0 Å². The van der Waals surface area contributed by atoms with Gasteiger partial charge < -0.3 is 20.3 Å². The summed E-state index contributed by atoms with van der Waals surface area (Å²) in [6.45, 7) is 1.80. The van der Waals surface area contributed by atoms with Gasteiger partial charge in [0.25, 0.3) is 0 Å². The first-order valence-corrected chi connectivity index (χ1v) is 11.2. The van der Waals surface area contributed by atoms with Crippen LogP contribution < -0.4 is 15.4 Å². The minimum absolute atomic E-state index is 0.00391. The summed E-state index contributed by atoms with van der Waals surface area (Å²) >= 11 is 0. The highest BCUT2D eigenvalue weighted by Gasteiger charge is 2.45. The molecule has 1 saturated heterocycles. The Hall–Kier alpha value is -3.29. The van der Waals surface area contributed by atoms with Gasteiger partial charge in [-0.25, -0.2) is 0 Å². The van der Waals surface area contributed by atoms with Crippen molar-refractivity contribution in [3.8, 4) is 11.8 Å². The predicted molar refractivity (Wildman–Crippen MR) is 114 cm³/mol. The molecule has 8 nitrogen and oxygen atoms in total. The number of carbonyl (C=O) groups is 3. The molecule has 1 aromatic carbocycles. The van der Waals surface area contributed by atoms with E-state index in [-0.39, 0.29) is 41.9 Å². The molecule has 1 aliphatic carbocycles. The number of carbonyl (C=O) groups excluding carboxylic acids is 3. The molecule has 1 aromatic rings. The van der Waals surface area contributed by atoms with Crippen LogP contribution in [0.25, 0.3) is 0 Å². The molecule has 2 aliphatic rings. The van der Waals surface area contributed by atoms with E-state index < -0.39 is 23.6 Å². The molecule has 2 N–H and O–H groups in total. The molecule has 1 heterocycles. The average Bonchev–Trinajstić information content (AvgIpc) is 3.25. The largest absolute Gasteiger partial charge is 0.573 e. The van der Waals surface area contributed by atoms with Gasteiger partial charge in [0.2, 0.25) is 17.7 Å². The van der Waals surface area contributed by atoms with Gasteiger partial charge in [-0.3, -0.25) is 14.4 Å². The number of hydrogen-bond acceptors (Lipinski definition) is 5. The number of ether oxygens (including phenoxy) is 1. The summed E-state index contributed by atoms with van der Waals surface area (Å²) in [5, 5.41) is 14.4. The van der Waals surface area contributed by atoms with Gasteiger partial charge >= 0.3 is 6.36 Å². The Morgan fingerprint density at radius 1 is 1.24 bits per heavy atom. The standard InChI is InChI=1S/C23H27F3N4O4/c1-15(31)29-22(8-2-3-9-22)21(33)30-10-4-5-18(14-30)20(32)28-13-17-7-6-16(12-27)11-19(17)34-23(24,25)26/h6-7,11,18H,2-5,8-10,13-14H2,1H3,(H,28,32)(H,29,31). The molecule has 0 radical (unpaired) electrons. The molecule has 1 aliphatic heterocycles. The molecular formula is C23H27F3N4O4. The van der Waals surface area contributed by atoms with E-state index in [2.05, 4.69) is 15.4 Å². The lowest BCUT2D eigenvalue weighted by Gasteiger charge is -2.39. The van der Waals surface area contributed by atoms with Crippen molar-refractivity contribution in [3.05, 3.63) is 29.3 Å². The first-order valence-electron chi connectivity index (χ1n) is 11.2. The molecule has 3 rings (SSSR count). The quantitative estimate of drug-likeness (QED) is 0.651. The molecule has 1 saturated carbocycles. The zero-order valence-electron chi connectivity index (χ0n) is 18.8. The van der Waals surface area contributed by atoms with E-state index in [9.17, 15) is 27.6 Å². The Kier molecular flexibility index (Phi) is 7.69. The van der Waals surface area contributed by atoms with Crippen LogP contribution in [0.1, 0.15) is 56.6 Å². The Bertz CT molecular complexity index is 983. The summed E-state index contributed by atoms with van der Waals surface area (Å²) < 4.78 is 42.3. The molecule has 1 atom stereocenters. The number of benzene rings is 1. The van der Waals surface area contributed by atoms with Crippen LogP contribution in [-0.2, 0) is 20.9 Å². The molecule has 0 aromatic heterocycles. The van der Waals surface area contributed by atoms with Crippen molar-refractivity contribution >= 4 is 17.7 Å². The van der Waals surface area contributed by atoms with Gasteiger partial charge in [-0.2, -0.15) is 5.26 Å². The Labute approximate surface area is 195 Å². The fourth-order valence-electron chi connectivity index (χ4n) is 4.70. The number of halogens is 3. The summed E-state index contributed by atoms with van der Waals surface area (Å²) in [4.78, 5) is 39.4. The smallest absolute Gasteiger partial charge is 0.405 e. The number of hydrogen-bond donors (Lipinski definition) is 2. The highest BCUT2D eigenvalue weighted by atomic mass is 19.4. The van der Waals surface area contributed by atoms with Crippen LogP contribution in [0.2, 0.25) is 0 Å². The second-order valence-electron chi connectivity index (χ2n) is 8.76. The van der Waals surface area contributed by atoms with Crippen molar-refractivity contribution in [1.82, 2.24) is 15.5 Å². The molecule has 0 spiro atoms. The van der Waals surface area contributed by atoms with Crippen molar-refractivity contribution in [2.45, 2.75) is 63.9 Å². The van der Waals surface area contributed by atoms with Crippen LogP contribution in [0, 0.1) is 17.2 Å². The second-order valence-corrected chi connectivity index (χ2v) is 8.76. The number of nitriles is 1. The maximum Gasteiger partial charge on any atom is 0.573 e. The summed E-state index contributed by atoms with van der Waals surface area (Å²) in [5.74, 6) is -1.93. The SMILES string of the molecule is CC(=O)NC1(C(=O)N2CCCC(C(=O)NCc3ccc(C#N)cc3OC(F)(F)F)C2)CCCC1. The van der Waals surface area contributed by atoms with Gasteiger partial charge in [-0.05, 0) is 37.8 Å². The lowest BCUT2D eigenvalue weighted by Crippen LogP contribution is -2.59. The molecule has 3 amide bonds. The van der Waals surface area contributed by atoms with E-state index in [1.165, 1.54) is 19.1 Å². The number of nitrogens with zero attached hydrogens (tertiary/aromatic N) is 2. The van der Waals surface area contributed by atoms with Crippen LogP contribution in [0.5, 0.6) is 5.75 Å². The number of piperidine rings is 1. The Morgan fingerprint density at radius 2 is 1.94 bits per heavy atom. The number of amides is 3. The summed E-state index contributed by atoms with van der Waals surface area (Å²) in [6.07, 6.45) is -1.05. The van der Waals surface area contributed by atoms with E-state index in [0.717, 1.165) is 18.9 Å². The van der Waals surface area contributed by atoms with E-state index in [4.69, 9.17) is 5.26 Å². The first-order chi connectivity index (χ1) is 16.0. The van der Waals surface area contributed by atoms with E-state index in [1.54, 1.807) is 11.0 Å². The molecule has 0 bridgehead atoms. The molecule has 2 fully saturated rings. The fourth-order valence-corrected chi connectivity index (χ4v) is 4.70. The van der Waals surface area contributed by atoms with E-state index in [1.807, 2.05) is 0 Å². The van der Waals surface area contributed by atoms with Crippen molar-refractivity contribution in [3.63, 3.8) is 0 Å². The molecule has 184 valence electrons. The third-order valence-electron chi connectivity index (χ3n) is 6.24. The van der Waals surface area contributed by atoms with Crippen LogP contribution in [0.15, 0.2) is 18.2 Å². The summed E-state index contributed by atoms with van der Waals surface area (Å²) in [5.41, 5.74) is -0.865. The minimum Gasteiger partial charge on any atom is -0.405 e. The number of nitrogens with one attached hydrogen (secondary N) is 2. The van der Waals surface area contributed by atoms with Crippen molar-refractivity contribution in [2.24, 2.45) is 5.92 Å². The van der Waals surface area contributed by atoms with Crippen molar-refractivity contribution < 1.29 is 32.3 Å². The van der Waals surface area contributed by atoms with Gasteiger partial charge in [-0.1, -0.05) is 18.9 Å². The third kappa shape index (κ3) is 6.18. The zero-order chi connectivity index (χ0) is 24.9. The molecule has 11 heteroatoms. The highest BCUT2D eigenvalue weighted by Crippen LogP contribution is 2.33. The van der Waals surface area contributed by atoms with E-state index >= 15 is 0 Å². The number of rotatable bonds is 6. The lowest BCUT2D eigenvalue weighted by molar-refractivity contribution is -0.274. The Morgan fingerprint density at radius 3 is 2.56 bits per heavy atom. The van der Waals surface area contributed by atoms with E-state index in [0.29, 0.717) is 32.2 Å².